The Hall–Kier alpha value is -1.80. The maximum atomic E-state index is 13.4. The van der Waals surface area contributed by atoms with E-state index < -0.39 is 20.1 Å². The lowest BCUT2D eigenvalue weighted by molar-refractivity contribution is 0.196. The van der Waals surface area contributed by atoms with E-state index in [1.807, 2.05) is 13.8 Å². The van der Waals surface area contributed by atoms with Crippen molar-refractivity contribution in [3.63, 3.8) is 0 Å². The van der Waals surface area contributed by atoms with Crippen molar-refractivity contribution in [3.05, 3.63) is 91.0 Å². The van der Waals surface area contributed by atoms with Gasteiger partial charge in [-0.1, -0.05) is 54.6 Å². The van der Waals surface area contributed by atoms with Gasteiger partial charge in [-0.2, -0.15) is 0 Å². The third-order valence-electron chi connectivity index (χ3n) is 5.99. The topological polar surface area (TPSA) is 61.5 Å². The summed E-state index contributed by atoms with van der Waals surface area (Å²) in [4.78, 5) is 0. The molecule has 0 amide bonds. The summed E-state index contributed by atoms with van der Waals surface area (Å²) in [5.74, 6) is 0. The maximum Gasteiger partial charge on any atom is 0.349 e. The van der Waals surface area contributed by atoms with E-state index in [2.05, 4.69) is 91.0 Å². The molecule has 1 atom stereocenters. The highest BCUT2D eigenvalue weighted by atomic mass is 31.2. The van der Waals surface area contributed by atoms with E-state index in [1.165, 1.54) is 15.9 Å². The molecule has 1 unspecified atom stereocenters. The summed E-state index contributed by atoms with van der Waals surface area (Å²) < 4.78 is 24.6. The zero-order chi connectivity index (χ0) is 23.8. The fourth-order valence-corrected chi connectivity index (χ4v) is 10.5. The van der Waals surface area contributed by atoms with Crippen molar-refractivity contribution >= 4 is 30.8 Å². The van der Waals surface area contributed by atoms with Crippen molar-refractivity contribution in [2.24, 2.45) is 5.73 Å². The summed E-state index contributed by atoms with van der Waals surface area (Å²) in [5, 5.41) is 2.94. The van der Waals surface area contributed by atoms with E-state index in [0.29, 0.717) is 19.6 Å². The predicted molar refractivity (Wildman–Crippen MR) is 143 cm³/mol. The number of nitrogens with two attached hydrogens (primary N) is 1. The fraction of sp³-hybridized carbons (Fsp3) is 0.333. The Morgan fingerprint density at radius 3 is 1.45 bits per heavy atom. The van der Waals surface area contributed by atoms with E-state index in [4.69, 9.17) is 14.8 Å². The van der Waals surface area contributed by atoms with Crippen LogP contribution in [0.2, 0.25) is 0 Å². The molecule has 0 radical (unpaired) electrons. The second-order valence-electron chi connectivity index (χ2n) is 8.33. The first kappa shape index (κ1) is 25.8. The molecular formula is C27H36NO3P2+. The van der Waals surface area contributed by atoms with Crippen LogP contribution in [0, 0.1) is 0 Å². The van der Waals surface area contributed by atoms with Crippen LogP contribution in [-0.4, -0.2) is 24.7 Å². The van der Waals surface area contributed by atoms with Gasteiger partial charge in [-0.15, -0.1) is 0 Å². The highest BCUT2D eigenvalue weighted by molar-refractivity contribution is 7.95. The summed E-state index contributed by atoms with van der Waals surface area (Å²) in [5.41, 5.74) is 6.61. The Balaban J connectivity index is 2.02. The first-order valence-electron chi connectivity index (χ1n) is 11.6. The van der Waals surface area contributed by atoms with Crippen molar-refractivity contribution in [2.45, 2.75) is 38.9 Å². The summed E-state index contributed by atoms with van der Waals surface area (Å²) in [6, 6.07) is 32.3. The van der Waals surface area contributed by atoms with E-state index in [1.54, 1.807) is 6.92 Å². The third kappa shape index (κ3) is 5.65. The number of benzene rings is 3. The van der Waals surface area contributed by atoms with Crippen molar-refractivity contribution in [3.8, 4) is 0 Å². The van der Waals surface area contributed by atoms with Crippen LogP contribution in [0.15, 0.2) is 91.0 Å². The van der Waals surface area contributed by atoms with Crippen LogP contribution < -0.4 is 21.6 Å². The first-order chi connectivity index (χ1) is 15.9. The van der Waals surface area contributed by atoms with E-state index >= 15 is 0 Å². The SMILES string of the molecule is CCOP(=O)(OCC)C(C)(N)CCC[P+](c1ccccc1)(c1ccccc1)c1ccccc1. The van der Waals surface area contributed by atoms with Crippen LogP contribution in [0.1, 0.15) is 33.6 Å². The second-order valence-corrected chi connectivity index (χ2v) is 14.5. The molecule has 4 nitrogen and oxygen atoms in total. The van der Waals surface area contributed by atoms with E-state index in [-0.39, 0.29) is 0 Å². The first-order valence-corrected chi connectivity index (χ1v) is 15.1. The van der Waals surface area contributed by atoms with Gasteiger partial charge in [0.2, 0.25) is 0 Å². The Morgan fingerprint density at radius 2 is 1.12 bits per heavy atom. The molecule has 3 rings (SSSR count). The Kier molecular flexibility index (Phi) is 9.04. The maximum absolute atomic E-state index is 13.4. The van der Waals surface area contributed by atoms with Crippen molar-refractivity contribution in [1.29, 1.82) is 0 Å². The zero-order valence-corrected chi connectivity index (χ0v) is 21.7. The smallest absolute Gasteiger partial charge is 0.315 e. The van der Waals surface area contributed by atoms with Gasteiger partial charge >= 0.3 is 7.60 Å². The normalized spacial score (nSPS) is 14.1. The van der Waals surface area contributed by atoms with Crippen LogP contribution in [0.5, 0.6) is 0 Å². The fourth-order valence-electron chi connectivity index (χ4n) is 4.37. The van der Waals surface area contributed by atoms with E-state index in [9.17, 15) is 4.57 Å². The van der Waals surface area contributed by atoms with Gasteiger partial charge in [0.15, 0.2) is 0 Å². The van der Waals surface area contributed by atoms with Crippen LogP contribution in [-0.2, 0) is 13.6 Å². The van der Waals surface area contributed by atoms with Gasteiger partial charge in [0, 0.05) is 0 Å². The Bertz CT molecular complexity index is 920. The van der Waals surface area contributed by atoms with E-state index in [0.717, 1.165) is 12.6 Å². The number of hydrogen-bond donors (Lipinski definition) is 1. The molecule has 2 N–H and O–H groups in total. The summed E-state index contributed by atoms with van der Waals surface area (Å²) in [6.07, 6.45) is 2.25. The van der Waals surface area contributed by atoms with Crippen molar-refractivity contribution < 1.29 is 13.6 Å². The monoisotopic (exact) mass is 484 g/mol. The van der Waals surface area contributed by atoms with Gasteiger partial charge in [-0.05, 0) is 70.0 Å². The minimum Gasteiger partial charge on any atom is -0.315 e. The van der Waals surface area contributed by atoms with Crippen molar-refractivity contribution in [1.82, 2.24) is 0 Å². The highest BCUT2D eigenvalue weighted by Crippen LogP contribution is 2.61. The molecule has 0 saturated carbocycles. The molecule has 33 heavy (non-hydrogen) atoms. The van der Waals surface area contributed by atoms with Crippen LogP contribution in [0.3, 0.4) is 0 Å². The summed E-state index contributed by atoms with van der Waals surface area (Å²) in [6.45, 7) is 6.04. The standard InChI is InChI=1S/C27H36NO3P2/c1-4-30-33(29,31-5-2)27(3,28)22-15-23-32(24-16-9-6-10-17-24,25-18-11-7-12-19-25)26-20-13-8-14-21-26/h6-14,16-21H,4-5,15,22-23,28H2,1-3H3/q+1. The third-order valence-corrected chi connectivity index (χ3v) is 13.2. The lowest BCUT2D eigenvalue weighted by Gasteiger charge is -2.33. The van der Waals surface area contributed by atoms with Crippen molar-refractivity contribution in [2.75, 3.05) is 19.4 Å². The average Bonchev–Trinajstić information content (AvgIpc) is 2.84. The molecule has 0 bridgehead atoms. The van der Waals surface area contributed by atoms with Gasteiger partial charge in [0.25, 0.3) is 0 Å². The van der Waals surface area contributed by atoms with Gasteiger partial charge in [-0.25, -0.2) is 0 Å². The molecular weight excluding hydrogens is 448 g/mol. The Morgan fingerprint density at radius 1 is 0.758 bits per heavy atom. The molecule has 0 aliphatic rings. The van der Waals surface area contributed by atoms with Crippen LogP contribution in [0.25, 0.3) is 0 Å². The largest absolute Gasteiger partial charge is 0.349 e. The predicted octanol–water partition coefficient (Wildman–Crippen LogP) is 5.70. The summed E-state index contributed by atoms with van der Waals surface area (Å²) in [7, 11) is -5.38. The molecule has 6 heteroatoms. The lowest BCUT2D eigenvalue weighted by Crippen LogP contribution is -2.39. The molecule has 176 valence electrons. The zero-order valence-electron chi connectivity index (χ0n) is 19.9. The second kappa shape index (κ2) is 11.6. The molecule has 0 fully saturated rings. The highest BCUT2D eigenvalue weighted by Gasteiger charge is 2.47. The minimum absolute atomic E-state index is 0.305. The molecule has 0 aromatic heterocycles. The Labute approximate surface area is 199 Å². The molecule has 0 aliphatic heterocycles. The molecule has 0 spiro atoms. The minimum atomic E-state index is -3.43. The number of rotatable bonds is 12. The van der Waals surface area contributed by atoms with Gasteiger partial charge in [0.05, 0.1) is 19.4 Å². The van der Waals surface area contributed by atoms with Gasteiger partial charge in [0.1, 0.15) is 28.5 Å². The molecule has 0 heterocycles. The lowest BCUT2D eigenvalue weighted by atomic mass is 10.2. The van der Waals surface area contributed by atoms with Crippen LogP contribution >= 0.6 is 14.9 Å². The van der Waals surface area contributed by atoms with Crippen LogP contribution in [0.4, 0.5) is 0 Å². The van der Waals surface area contributed by atoms with Gasteiger partial charge < -0.3 is 14.8 Å². The molecule has 0 saturated heterocycles. The molecule has 3 aromatic carbocycles. The molecule has 0 aliphatic carbocycles. The quantitative estimate of drug-likeness (QED) is 0.335. The summed E-state index contributed by atoms with van der Waals surface area (Å²) >= 11 is 0. The number of hydrogen-bond acceptors (Lipinski definition) is 4. The van der Waals surface area contributed by atoms with Gasteiger partial charge in [-0.3, -0.25) is 4.57 Å². The average molecular weight is 485 g/mol. The molecule has 3 aromatic rings.